The van der Waals surface area contributed by atoms with E-state index in [1.54, 1.807) is 19.1 Å². The molecule has 1 nitrogen and oxygen atoms in total. The molecular weight excluding hydrogens is 228 g/mol. The SMILES string of the molecule is CC(=O)c1ccc(C#CCBr)cc1. The average molecular weight is 237 g/mol. The molecule has 0 unspecified atom stereocenters. The number of alkyl halides is 1. The van der Waals surface area contributed by atoms with Crippen molar-refractivity contribution in [1.82, 2.24) is 0 Å². The van der Waals surface area contributed by atoms with E-state index in [0.29, 0.717) is 5.33 Å². The molecular formula is C11H9BrO. The van der Waals surface area contributed by atoms with Gasteiger partial charge in [0.05, 0.1) is 5.33 Å². The monoisotopic (exact) mass is 236 g/mol. The average Bonchev–Trinajstić information content (AvgIpc) is 2.15. The summed E-state index contributed by atoms with van der Waals surface area (Å²) in [6, 6.07) is 7.29. The maximum absolute atomic E-state index is 10.9. The predicted octanol–water partition coefficient (Wildman–Crippen LogP) is 2.64. The van der Waals surface area contributed by atoms with Gasteiger partial charge in [-0.25, -0.2) is 0 Å². The van der Waals surface area contributed by atoms with Crippen LogP contribution in [0.5, 0.6) is 0 Å². The summed E-state index contributed by atoms with van der Waals surface area (Å²) in [4.78, 5) is 10.9. The van der Waals surface area contributed by atoms with E-state index in [-0.39, 0.29) is 5.78 Å². The summed E-state index contributed by atoms with van der Waals surface area (Å²) in [7, 11) is 0. The molecule has 1 rings (SSSR count). The summed E-state index contributed by atoms with van der Waals surface area (Å²) in [5, 5.41) is 0.668. The summed E-state index contributed by atoms with van der Waals surface area (Å²) >= 11 is 3.22. The molecule has 13 heavy (non-hydrogen) atoms. The number of halogens is 1. The van der Waals surface area contributed by atoms with Gasteiger partial charge in [-0.05, 0) is 19.1 Å². The first-order chi connectivity index (χ1) is 6.24. The Morgan fingerprint density at radius 2 is 2.00 bits per heavy atom. The number of Topliss-reactive ketones (excluding diaryl/α,β-unsaturated/α-hetero) is 1. The first kappa shape index (κ1) is 10.0. The van der Waals surface area contributed by atoms with Crippen molar-refractivity contribution in [1.29, 1.82) is 0 Å². The quantitative estimate of drug-likeness (QED) is 0.417. The molecule has 0 radical (unpaired) electrons. The van der Waals surface area contributed by atoms with Crippen LogP contribution in [0, 0.1) is 11.8 Å². The standard InChI is InChI=1S/C11H9BrO/c1-9(13)11-6-4-10(5-7-11)3-2-8-12/h4-7H,8H2,1H3. The van der Waals surface area contributed by atoms with Crippen LogP contribution in [0.4, 0.5) is 0 Å². The topological polar surface area (TPSA) is 17.1 Å². The lowest BCUT2D eigenvalue weighted by Gasteiger charge is -1.94. The minimum Gasteiger partial charge on any atom is -0.295 e. The Kier molecular flexibility index (Phi) is 3.72. The number of ketones is 1. The van der Waals surface area contributed by atoms with Gasteiger partial charge in [0.1, 0.15) is 0 Å². The van der Waals surface area contributed by atoms with Gasteiger partial charge in [-0.1, -0.05) is 39.9 Å². The van der Waals surface area contributed by atoms with Gasteiger partial charge in [-0.15, -0.1) is 0 Å². The minimum atomic E-state index is 0.0833. The van der Waals surface area contributed by atoms with Crippen LogP contribution < -0.4 is 0 Å². The van der Waals surface area contributed by atoms with Crippen molar-refractivity contribution in [2.75, 3.05) is 5.33 Å². The van der Waals surface area contributed by atoms with Crippen molar-refractivity contribution < 1.29 is 4.79 Å². The van der Waals surface area contributed by atoms with Gasteiger partial charge in [0.2, 0.25) is 0 Å². The fourth-order valence-electron chi connectivity index (χ4n) is 0.924. The summed E-state index contributed by atoms with van der Waals surface area (Å²) in [6.45, 7) is 1.55. The number of carbonyl (C=O) groups excluding carboxylic acids is 1. The molecule has 1 aromatic carbocycles. The molecule has 0 aliphatic rings. The number of hydrogen-bond donors (Lipinski definition) is 0. The van der Waals surface area contributed by atoms with Crippen LogP contribution in [-0.4, -0.2) is 11.1 Å². The van der Waals surface area contributed by atoms with E-state index >= 15 is 0 Å². The number of rotatable bonds is 1. The fourth-order valence-corrected chi connectivity index (χ4v) is 1.06. The molecule has 0 aromatic heterocycles. The smallest absolute Gasteiger partial charge is 0.159 e. The van der Waals surface area contributed by atoms with Gasteiger partial charge in [0.15, 0.2) is 5.78 Å². The zero-order valence-corrected chi connectivity index (χ0v) is 8.89. The van der Waals surface area contributed by atoms with Crippen LogP contribution in [0.1, 0.15) is 22.8 Å². The molecule has 0 saturated heterocycles. The Balaban J connectivity index is 2.87. The van der Waals surface area contributed by atoms with Gasteiger partial charge in [0, 0.05) is 11.1 Å². The number of hydrogen-bond acceptors (Lipinski definition) is 1. The van der Waals surface area contributed by atoms with Crippen molar-refractivity contribution in [3.8, 4) is 11.8 Å². The second-order valence-electron chi connectivity index (χ2n) is 2.57. The van der Waals surface area contributed by atoms with Crippen molar-refractivity contribution in [3.05, 3.63) is 35.4 Å². The molecule has 0 saturated carbocycles. The Morgan fingerprint density at radius 3 is 2.46 bits per heavy atom. The highest BCUT2D eigenvalue weighted by Crippen LogP contribution is 2.03. The van der Waals surface area contributed by atoms with Crippen LogP contribution in [0.25, 0.3) is 0 Å². The van der Waals surface area contributed by atoms with E-state index in [2.05, 4.69) is 27.8 Å². The zero-order valence-electron chi connectivity index (χ0n) is 7.30. The second-order valence-corrected chi connectivity index (χ2v) is 3.13. The third kappa shape index (κ3) is 3.04. The van der Waals surface area contributed by atoms with Crippen LogP contribution in [0.2, 0.25) is 0 Å². The van der Waals surface area contributed by atoms with E-state index in [1.807, 2.05) is 12.1 Å². The lowest BCUT2D eigenvalue weighted by molar-refractivity contribution is 0.101. The van der Waals surface area contributed by atoms with Crippen LogP contribution >= 0.6 is 15.9 Å². The molecule has 0 aliphatic carbocycles. The Morgan fingerprint density at radius 1 is 1.38 bits per heavy atom. The van der Waals surface area contributed by atoms with Crippen molar-refractivity contribution in [2.24, 2.45) is 0 Å². The highest BCUT2D eigenvalue weighted by Gasteiger charge is 1.96. The third-order valence-corrected chi connectivity index (χ3v) is 1.87. The molecule has 1 aromatic rings. The summed E-state index contributed by atoms with van der Waals surface area (Å²) in [5.41, 5.74) is 1.66. The molecule has 0 N–H and O–H groups in total. The van der Waals surface area contributed by atoms with Gasteiger partial charge >= 0.3 is 0 Å². The molecule has 0 bridgehead atoms. The van der Waals surface area contributed by atoms with Crippen LogP contribution in [-0.2, 0) is 0 Å². The maximum atomic E-state index is 10.9. The Labute approximate surface area is 86.3 Å². The van der Waals surface area contributed by atoms with Gasteiger partial charge in [-0.2, -0.15) is 0 Å². The highest BCUT2D eigenvalue weighted by molar-refractivity contribution is 9.09. The number of benzene rings is 1. The van der Waals surface area contributed by atoms with Crippen molar-refractivity contribution in [3.63, 3.8) is 0 Å². The fraction of sp³-hybridized carbons (Fsp3) is 0.182. The Hall–Kier alpha value is -1.07. The lowest BCUT2D eigenvalue weighted by atomic mass is 10.1. The third-order valence-electron chi connectivity index (χ3n) is 1.59. The van der Waals surface area contributed by atoms with Crippen LogP contribution in [0.15, 0.2) is 24.3 Å². The Bertz CT molecular complexity index is 354. The second kappa shape index (κ2) is 4.84. The first-order valence-corrected chi connectivity index (χ1v) is 5.02. The predicted molar refractivity (Wildman–Crippen MR) is 57.1 cm³/mol. The molecule has 0 heterocycles. The molecule has 2 heteroatoms. The van der Waals surface area contributed by atoms with E-state index in [4.69, 9.17) is 0 Å². The maximum Gasteiger partial charge on any atom is 0.159 e. The molecule has 0 amide bonds. The van der Waals surface area contributed by atoms with E-state index in [0.717, 1.165) is 11.1 Å². The van der Waals surface area contributed by atoms with Crippen LogP contribution in [0.3, 0.4) is 0 Å². The molecule has 0 fully saturated rings. The summed E-state index contributed by atoms with van der Waals surface area (Å²) in [5.74, 6) is 5.93. The first-order valence-electron chi connectivity index (χ1n) is 3.90. The van der Waals surface area contributed by atoms with Crippen molar-refractivity contribution >= 4 is 21.7 Å². The van der Waals surface area contributed by atoms with E-state index in [9.17, 15) is 4.79 Å². The molecule has 0 spiro atoms. The van der Waals surface area contributed by atoms with Gasteiger partial charge in [-0.3, -0.25) is 4.79 Å². The number of carbonyl (C=O) groups is 1. The summed E-state index contributed by atoms with van der Waals surface area (Å²) in [6.07, 6.45) is 0. The minimum absolute atomic E-state index is 0.0833. The molecule has 66 valence electrons. The van der Waals surface area contributed by atoms with Gasteiger partial charge < -0.3 is 0 Å². The molecule has 0 atom stereocenters. The largest absolute Gasteiger partial charge is 0.295 e. The van der Waals surface area contributed by atoms with Crippen molar-refractivity contribution in [2.45, 2.75) is 6.92 Å². The zero-order chi connectivity index (χ0) is 9.68. The van der Waals surface area contributed by atoms with Gasteiger partial charge in [0.25, 0.3) is 0 Å². The van der Waals surface area contributed by atoms with E-state index in [1.165, 1.54) is 0 Å². The molecule has 0 aliphatic heterocycles. The van der Waals surface area contributed by atoms with E-state index < -0.39 is 0 Å². The highest BCUT2D eigenvalue weighted by atomic mass is 79.9. The summed E-state index contributed by atoms with van der Waals surface area (Å²) < 4.78 is 0. The normalized spacial score (nSPS) is 8.77. The lowest BCUT2D eigenvalue weighted by Crippen LogP contribution is -1.90.